The molecule has 0 spiro atoms. The Bertz CT molecular complexity index is 550. The minimum absolute atomic E-state index is 0.00819. The molecule has 3 unspecified atom stereocenters. The van der Waals surface area contributed by atoms with Crippen molar-refractivity contribution in [2.45, 2.75) is 38.4 Å². The predicted molar refractivity (Wildman–Crippen MR) is 95.7 cm³/mol. The van der Waals surface area contributed by atoms with E-state index in [1.807, 2.05) is 25.1 Å². The molecule has 2 aliphatic heterocycles. The number of hydrogen-bond acceptors (Lipinski definition) is 4. The molecule has 8 heteroatoms. The van der Waals surface area contributed by atoms with Crippen LogP contribution in [0.3, 0.4) is 0 Å². The number of nitrogens with two attached hydrogens (primary N) is 1. The van der Waals surface area contributed by atoms with E-state index >= 15 is 0 Å². The molecule has 1 saturated carbocycles. The number of alkyl halides is 1. The van der Waals surface area contributed by atoms with Crippen LogP contribution >= 0.6 is 0 Å². The minimum Gasteiger partial charge on any atom is -0.331 e. The van der Waals surface area contributed by atoms with Crippen LogP contribution in [0, 0.1) is 29.1 Å². The fourth-order valence-electron chi connectivity index (χ4n) is 4.34. The normalized spacial score (nSPS) is 32.5. The van der Waals surface area contributed by atoms with Crippen LogP contribution in [-0.2, 0) is 4.79 Å². The van der Waals surface area contributed by atoms with Gasteiger partial charge in [0.2, 0.25) is 5.91 Å². The number of carbonyl (C=O) groups is 2. The van der Waals surface area contributed by atoms with E-state index in [1.165, 1.54) is 17.7 Å². The smallest absolute Gasteiger partial charge is 0.319 e. The zero-order valence-corrected chi connectivity index (χ0v) is 15.9. The first-order valence-electron chi connectivity index (χ1n) is 9.26. The van der Waals surface area contributed by atoms with Crippen LogP contribution in [0.4, 0.5) is 9.18 Å². The van der Waals surface area contributed by atoms with Crippen molar-refractivity contribution in [1.29, 1.82) is 5.26 Å². The Kier molecular flexibility index (Phi) is 6.81. The Hall–Kier alpha value is -1.88. The molecule has 7 nitrogen and oxygen atoms in total. The number of rotatable bonds is 1. The van der Waals surface area contributed by atoms with Gasteiger partial charge in [-0.25, -0.2) is 9.18 Å². The van der Waals surface area contributed by atoms with Crippen molar-refractivity contribution >= 4 is 11.9 Å². The zero-order chi connectivity index (χ0) is 19.4. The molecule has 2 saturated heterocycles. The van der Waals surface area contributed by atoms with Crippen molar-refractivity contribution in [3.05, 3.63) is 0 Å². The van der Waals surface area contributed by atoms with Crippen LogP contribution in [0.2, 0.25) is 0 Å². The molecule has 0 radical (unpaired) electrons. The number of nitrogens with zero attached hydrogens (tertiary/aromatic N) is 4. The summed E-state index contributed by atoms with van der Waals surface area (Å²) in [6, 6.07) is 1.43. The van der Waals surface area contributed by atoms with E-state index in [0.717, 1.165) is 30.8 Å². The van der Waals surface area contributed by atoms with Gasteiger partial charge >= 0.3 is 6.03 Å². The molecule has 2 N–H and O–H groups in total. The Morgan fingerprint density at radius 3 is 2.23 bits per heavy atom. The highest BCUT2D eigenvalue weighted by Gasteiger charge is 2.41. The summed E-state index contributed by atoms with van der Waals surface area (Å²) < 4.78 is 12.7. The standard InChI is InChI=1S/C11H20N2O.C7H10FN3O/c1-8-4-9-6-13(7-10(9)5-8)11(14)12(2)3;8-5-1-6(2-9)11(4-5)7(12)3-10/h8-10H,4-7H2,1-3H3;5-6H,1,3-4,10H2/t8?,9-,10+;. The lowest BCUT2D eigenvalue weighted by atomic mass is 10.0. The fourth-order valence-corrected chi connectivity index (χ4v) is 4.34. The van der Waals surface area contributed by atoms with Crippen LogP contribution in [0.25, 0.3) is 0 Å². The molecule has 0 aromatic carbocycles. The Balaban J connectivity index is 0.000000190. The number of hydrogen-bond donors (Lipinski definition) is 1. The SMILES string of the molecule is CC1C[C@@H]2CN(C(=O)N(C)C)C[C@@H]2C1.N#CC1CC(F)CN1C(=O)CN. The molecule has 0 aromatic rings. The Labute approximate surface area is 154 Å². The average Bonchev–Trinajstić information content (AvgIpc) is 3.25. The highest BCUT2D eigenvalue weighted by molar-refractivity contribution is 5.79. The van der Waals surface area contributed by atoms with Crippen molar-refractivity contribution < 1.29 is 14.0 Å². The van der Waals surface area contributed by atoms with Crippen molar-refractivity contribution in [3.8, 4) is 6.07 Å². The molecule has 0 bridgehead atoms. The number of fused-ring (bicyclic) bond motifs is 1. The third kappa shape index (κ3) is 4.64. The maximum atomic E-state index is 12.7. The largest absolute Gasteiger partial charge is 0.331 e. The highest BCUT2D eigenvalue weighted by Crippen LogP contribution is 2.41. The van der Waals surface area contributed by atoms with E-state index in [-0.39, 0.29) is 31.4 Å². The molecule has 5 atom stereocenters. The van der Waals surface area contributed by atoms with Gasteiger partial charge in [0.05, 0.1) is 19.2 Å². The van der Waals surface area contributed by atoms with E-state index in [9.17, 15) is 14.0 Å². The molecule has 26 heavy (non-hydrogen) atoms. The minimum atomic E-state index is -1.08. The molecule has 0 aromatic heterocycles. The van der Waals surface area contributed by atoms with Gasteiger partial charge in [-0.3, -0.25) is 4.79 Å². The van der Waals surface area contributed by atoms with E-state index in [1.54, 1.807) is 4.90 Å². The van der Waals surface area contributed by atoms with Crippen molar-refractivity contribution in [2.75, 3.05) is 40.3 Å². The van der Waals surface area contributed by atoms with Gasteiger partial charge in [0.25, 0.3) is 0 Å². The second-order valence-corrected chi connectivity index (χ2v) is 7.91. The quantitative estimate of drug-likeness (QED) is 0.750. The third-order valence-corrected chi connectivity index (χ3v) is 5.53. The lowest BCUT2D eigenvalue weighted by molar-refractivity contribution is -0.129. The monoisotopic (exact) mass is 367 g/mol. The molecular formula is C18H30FN5O2. The summed E-state index contributed by atoms with van der Waals surface area (Å²) in [5, 5.41) is 8.55. The maximum absolute atomic E-state index is 12.7. The summed E-state index contributed by atoms with van der Waals surface area (Å²) in [6.07, 6.45) is 1.68. The molecule has 3 rings (SSSR count). The third-order valence-electron chi connectivity index (χ3n) is 5.53. The average molecular weight is 367 g/mol. The van der Waals surface area contributed by atoms with Gasteiger partial charge in [0, 0.05) is 33.6 Å². The first-order chi connectivity index (χ1) is 12.3. The summed E-state index contributed by atoms with van der Waals surface area (Å²) in [5.74, 6) is 2.09. The second kappa shape index (κ2) is 8.67. The van der Waals surface area contributed by atoms with Gasteiger partial charge < -0.3 is 20.4 Å². The molecular weight excluding hydrogens is 337 g/mol. The van der Waals surface area contributed by atoms with Gasteiger partial charge in [-0.2, -0.15) is 5.26 Å². The van der Waals surface area contributed by atoms with Crippen LogP contribution in [-0.4, -0.2) is 79.1 Å². The summed E-state index contributed by atoms with van der Waals surface area (Å²) >= 11 is 0. The molecule has 146 valence electrons. The summed E-state index contributed by atoms with van der Waals surface area (Å²) in [6.45, 7) is 4.16. The highest BCUT2D eigenvalue weighted by atomic mass is 19.1. The number of urea groups is 1. The summed E-state index contributed by atoms with van der Waals surface area (Å²) in [4.78, 5) is 27.6. The van der Waals surface area contributed by atoms with Crippen molar-refractivity contribution in [2.24, 2.45) is 23.5 Å². The van der Waals surface area contributed by atoms with Gasteiger partial charge in [-0.1, -0.05) is 6.92 Å². The topological polar surface area (TPSA) is 93.7 Å². The van der Waals surface area contributed by atoms with Crippen molar-refractivity contribution in [1.82, 2.24) is 14.7 Å². The Morgan fingerprint density at radius 1 is 1.19 bits per heavy atom. The lowest BCUT2D eigenvalue weighted by Crippen LogP contribution is -2.39. The van der Waals surface area contributed by atoms with Crippen LogP contribution < -0.4 is 5.73 Å². The van der Waals surface area contributed by atoms with Gasteiger partial charge in [-0.05, 0) is 30.6 Å². The molecule has 3 fully saturated rings. The molecule has 3 aliphatic rings. The molecule has 2 heterocycles. The Morgan fingerprint density at radius 2 is 1.77 bits per heavy atom. The second-order valence-electron chi connectivity index (χ2n) is 7.91. The summed E-state index contributed by atoms with van der Waals surface area (Å²) in [7, 11) is 3.66. The first kappa shape index (κ1) is 20.4. The maximum Gasteiger partial charge on any atom is 0.319 e. The lowest BCUT2D eigenvalue weighted by Gasteiger charge is -2.22. The van der Waals surface area contributed by atoms with Crippen molar-refractivity contribution in [3.63, 3.8) is 0 Å². The van der Waals surface area contributed by atoms with Gasteiger partial charge in [0.1, 0.15) is 12.2 Å². The van der Waals surface area contributed by atoms with Crippen LogP contribution in [0.5, 0.6) is 0 Å². The fraction of sp³-hybridized carbons (Fsp3) is 0.833. The van der Waals surface area contributed by atoms with Gasteiger partial charge in [0.15, 0.2) is 0 Å². The van der Waals surface area contributed by atoms with E-state index < -0.39 is 12.2 Å². The number of amides is 3. The first-order valence-corrected chi connectivity index (χ1v) is 9.26. The van der Waals surface area contributed by atoms with E-state index in [2.05, 4.69) is 6.92 Å². The molecule has 1 aliphatic carbocycles. The number of nitriles is 1. The zero-order valence-electron chi connectivity index (χ0n) is 15.9. The predicted octanol–water partition coefficient (Wildman–Crippen LogP) is 1.05. The van der Waals surface area contributed by atoms with Crippen LogP contribution in [0.15, 0.2) is 0 Å². The molecule has 3 amide bonds. The van der Waals surface area contributed by atoms with E-state index in [4.69, 9.17) is 11.0 Å². The number of likely N-dealkylation sites (tertiary alicyclic amines) is 2. The number of halogens is 1. The van der Waals surface area contributed by atoms with Gasteiger partial charge in [-0.15, -0.1) is 0 Å². The van der Waals surface area contributed by atoms with E-state index in [0.29, 0.717) is 0 Å². The van der Waals surface area contributed by atoms with Crippen LogP contribution in [0.1, 0.15) is 26.2 Å². The summed E-state index contributed by atoms with van der Waals surface area (Å²) in [5.41, 5.74) is 5.09. The number of carbonyl (C=O) groups excluding carboxylic acids is 2.